The minimum Gasteiger partial charge on any atom is -0.439 e. The fourth-order valence-electron chi connectivity index (χ4n) is 2.55. The highest BCUT2D eigenvalue weighted by Gasteiger charge is 2.16. The molecule has 0 saturated carbocycles. The van der Waals surface area contributed by atoms with Crippen molar-refractivity contribution < 1.29 is 9.53 Å². The van der Waals surface area contributed by atoms with Gasteiger partial charge in [-0.15, -0.1) is 0 Å². The van der Waals surface area contributed by atoms with Crippen molar-refractivity contribution in [3.8, 4) is 17.6 Å². The van der Waals surface area contributed by atoms with Crippen LogP contribution < -0.4 is 15.4 Å². The van der Waals surface area contributed by atoms with E-state index in [1.807, 2.05) is 37.3 Å². The average Bonchev–Trinajstić information content (AvgIpc) is 2.91. The van der Waals surface area contributed by atoms with Crippen molar-refractivity contribution in [1.29, 1.82) is 0 Å². The Morgan fingerprint density at radius 3 is 2.65 bits per heavy atom. The van der Waals surface area contributed by atoms with Crippen LogP contribution in [0.25, 0.3) is 0 Å². The standard InChI is InChI=1S/C22H22N2O2/c1-14-12-16(10-11-22(3,4)5)6-8-18(14)21(25)24-17-7-9-19-20(13-17)26-15(2)23-19/h6-9,12-13,23H,2H2,1,3-5H3,(H,24,25). The van der Waals surface area contributed by atoms with Gasteiger partial charge in [0.1, 0.15) is 0 Å². The molecule has 1 heterocycles. The first-order chi connectivity index (χ1) is 12.2. The third-order valence-electron chi connectivity index (χ3n) is 3.80. The summed E-state index contributed by atoms with van der Waals surface area (Å²) in [7, 11) is 0. The number of hydrogen-bond acceptors (Lipinski definition) is 3. The number of carbonyl (C=O) groups excluding carboxylic acids is 1. The average molecular weight is 346 g/mol. The molecule has 1 amide bonds. The molecule has 4 heteroatoms. The first-order valence-electron chi connectivity index (χ1n) is 8.44. The summed E-state index contributed by atoms with van der Waals surface area (Å²) in [6, 6.07) is 11.1. The molecule has 1 aliphatic rings. The Bertz CT molecular complexity index is 956. The summed E-state index contributed by atoms with van der Waals surface area (Å²) >= 11 is 0. The van der Waals surface area contributed by atoms with Crippen molar-refractivity contribution in [1.82, 2.24) is 0 Å². The van der Waals surface area contributed by atoms with E-state index in [0.29, 0.717) is 22.9 Å². The van der Waals surface area contributed by atoms with E-state index in [1.54, 1.807) is 6.07 Å². The van der Waals surface area contributed by atoms with Gasteiger partial charge in [0, 0.05) is 28.3 Å². The number of hydrogen-bond donors (Lipinski definition) is 2. The molecule has 0 bridgehead atoms. The molecular weight excluding hydrogens is 324 g/mol. The highest BCUT2D eigenvalue weighted by atomic mass is 16.5. The normalized spacial score (nSPS) is 12.4. The lowest BCUT2D eigenvalue weighted by Crippen LogP contribution is -2.13. The zero-order valence-corrected chi connectivity index (χ0v) is 15.5. The zero-order valence-electron chi connectivity index (χ0n) is 15.5. The van der Waals surface area contributed by atoms with Gasteiger partial charge < -0.3 is 15.4 Å². The number of benzene rings is 2. The number of carbonyl (C=O) groups is 1. The van der Waals surface area contributed by atoms with E-state index in [-0.39, 0.29) is 11.3 Å². The number of rotatable bonds is 2. The van der Waals surface area contributed by atoms with E-state index >= 15 is 0 Å². The van der Waals surface area contributed by atoms with Gasteiger partial charge in [-0.05, 0) is 70.2 Å². The topological polar surface area (TPSA) is 50.4 Å². The van der Waals surface area contributed by atoms with Gasteiger partial charge in [0.05, 0.1) is 5.69 Å². The van der Waals surface area contributed by atoms with Gasteiger partial charge in [-0.2, -0.15) is 0 Å². The van der Waals surface area contributed by atoms with Gasteiger partial charge in [-0.3, -0.25) is 4.79 Å². The quantitative estimate of drug-likeness (QED) is 0.759. The Hall–Kier alpha value is -3.19. The van der Waals surface area contributed by atoms with Crippen molar-refractivity contribution >= 4 is 17.3 Å². The predicted molar refractivity (Wildman–Crippen MR) is 105 cm³/mol. The van der Waals surface area contributed by atoms with Crippen molar-refractivity contribution in [2.24, 2.45) is 5.41 Å². The first kappa shape index (κ1) is 17.6. The van der Waals surface area contributed by atoms with Crippen molar-refractivity contribution in [3.63, 3.8) is 0 Å². The van der Waals surface area contributed by atoms with E-state index in [9.17, 15) is 4.79 Å². The molecule has 132 valence electrons. The lowest BCUT2D eigenvalue weighted by molar-refractivity contribution is 0.102. The van der Waals surface area contributed by atoms with Gasteiger partial charge >= 0.3 is 0 Å². The van der Waals surface area contributed by atoms with Crippen LogP contribution in [0.3, 0.4) is 0 Å². The molecule has 2 aromatic rings. The third kappa shape index (κ3) is 4.07. The van der Waals surface area contributed by atoms with Crippen LogP contribution in [-0.2, 0) is 0 Å². The molecule has 26 heavy (non-hydrogen) atoms. The maximum absolute atomic E-state index is 12.6. The van der Waals surface area contributed by atoms with Gasteiger partial charge in [0.15, 0.2) is 11.6 Å². The highest BCUT2D eigenvalue weighted by molar-refractivity contribution is 6.05. The smallest absolute Gasteiger partial charge is 0.255 e. The summed E-state index contributed by atoms with van der Waals surface area (Å²) in [5, 5.41) is 5.91. The molecule has 2 aromatic carbocycles. The van der Waals surface area contributed by atoms with Crippen molar-refractivity contribution in [3.05, 3.63) is 65.6 Å². The zero-order chi connectivity index (χ0) is 18.9. The number of ether oxygens (including phenoxy) is 1. The van der Waals surface area contributed by atoms with Gasteiger partial charge in [-0.25, -0.2) is 0 Å². The second kappa shape index (κ2) is 6.61. The maximum Gasteiger partial charge on any atom is 0.255 e. The molecule has 0 atom stereocenters. The Morgan fingerprint density at radius 2 is 1.96 bits per heavy atom. The largest absolute Gasteiger partial charge is 0.439 e. The Morgan fingerprint density at radius 1 is 1.19 bits per heavy atom. The van der Waals surface area contributed by atoms with Crippen LogP contribution in [0.15, 0.2) is 48.9 Å². The second-order valence-electron chi connectivity index (χ2n) is 7.35. The monoisotopic (exact) mass is 346 g/mol. The fraction of sp³-hybridized carbons (Fsp3) is 0.227. The minimum absolute atomic E-state index is 0.0558. The molecule has 3 rings (SSSR count). The molecule has 0 spiro atoms. The molecule has 4 nitrogen and oxygen atoms in total. The maximum atomic E-state index is 12.6. The van der Waals surface area contributed by atoms with Crippen LogP contribution in [0.2, 0.25) is 0 Å². The van der Waals surface area contributed by atoms with Crippen molar-refractivity contribution in [2.75, 3.05) is 10.6 Å². The third-order valence-corrected chi connectivity index (χ3v) is 3.80. The van der Waals surface area contributed by atoms with Crippen LogP contribution >= 0.6 is 0 Å². The SMILES string of the molecule is C=C1Nc2ccc(NC(=O)c3ccc(C#CC(C)(C)C)cc3C)cc2O1. The predicted octanol–water partition coefficient (Wildman–Crippen LogP) is 4.92. The lowest BCUT2D eigenvalue weighted by atomic mass is 9.97. The summed E-state index contributed by atoms with van der Waals surface area (Å²) in [4.78, 5) is 12.6. The summed E-state index contributed by atoms with van der Waals surface area (Å²) < 4.78 is 5.46. The van der Waals surface area contributed by atoms with E-state index < -0.39 is 0 Å². The fourth-order valence-corrected chi connectivity index (χ4v) is 2.55. The molecule has 0 unspecified atom stereocenters. The van der Waals surface area contributed by atoms with Crippen LogP contribution in [0, 0.1) is 24.2 Å². The number of aryl methyl sites for hydroxylation is 1. The van der Waals surface area contributed by atoms with Gasteiger partial charge in [0.2, 0.25) is 0 Å². The van der Waals surface area contributed by atoms with Crippen LogP contribution in [0.5, 0.6) is 5.75 Å². The first-order valence-corrected chi connectivity index (χ1v) is 8.44. The molecule has 0 aliphatic carbocycles. The van der Waals surface area contributed by atoms with Gasteiger partial charge in [0.25, 0.3) is 5.91 Å². The molecule has 1 aliphatic heterocycles. The Kier molecular flexibility index (Phi) is 4.48. The number of fused-ring (bicyclic) bond motifs is 1. The van der Waals surface area contributed by atoms with Crippen LogP contribution in [0.4, 0.5) is 11.4 Å². The number of amides is 1. The lowest BCUT2D eigenvalue weighted by Gasteiger charge is -2.10. The minimum atomic E-state index is -0.164. The summed E-state index contributed by atoms with van der Waals surface area (Å²) in [6.45, 7) is 11.8. The molecule has 0 fully saturated rings. The highest BCUT2D eigenvalue weighted by Crippen LogP contribution is 2.35. The van der Waals surface area contributed by atoms with Gasteiger partial charge in [-0.1, -0.05) is 11.8 Å². The summed E-state index contributed by atoms with van der Waals surface area (Å²) in [5.74, 6) is 7.33. The Balaban J connectivity index is 1.77. The second-order valence-corrected chi connectivity index (χ2v) is 7.35. The molecular formula is C22H22N2O2. The number of anilines is 2. The molecule has 0 radical (unpaired) electrons. The summed E-state index contributed by atoms with van der Waals surface area (Å²) in [6.07, 6.45) is 0. The van der Waals surface area contributed by atoms with Crippen LogP contribution in [0.1, 0.15) is 42.3 Å². The van der Waals surface area contributed by atoms with E-state index in [4.69, 9.17) is 4.74 Å². The summed E-state index contributed by atoms with van der Waals surface area (Å²) in [5.41, 5.74) is 3.86. The van der Waals surface area contributed by atoms with E-state index in [2.05, 4.69) is 49.8 Å². The van der Waals surface area contributed by atoms with E-state index in [1.165, 1.54) is 0 Å². The van der Waals surface area contributed by atoms with E-state index in [0.717, 1.165) is 16.8 Å². The van der Waals surface area contributed by atoms with Crippen LogP contribution in [-0.4, -0.2) is 5.91 Å². The van der Waals surface area contributed by atoms with Crippen molar-refractivity contribution in [2.45, 2.75) is 27.7 Å². The number of nitrogens with one attached hydrogen (secondary N) is 2. The molecule has 0 aromatic heterocycles. The molecule has 2 N–H and O–H groups in total. The Labute approximate surface area is 154 Å². The molecule has 0 saturated heterocycles.